The minimum Gasteiger partial charge on any atom is -0.486 e. The highest BCUT2D eigenvalue weighted by atomic mass is 16.6. The fourth-order valence-corrected chi connectivity index (χ4v) is 4.23. The van der Waals surface area contributed by atoms with E-state index in [0.29, 0.717) is 32.8 Å². The second kappa shape index (κ2) is 8.52. The van der Waals surface area contributed by atoms with Gasteiger partial charge in [-0.15, -0.1) is 0 Å². The van der Waals surface area contributed by atoms with Gasteiger partial charge >= 0.3 is 0 Å². The van der Waals surface area contributed by atoms with Gasteiger partial charge in [0.15, 0.2) is 23.4 Å². The number of piperazine rings is 1. The summed E-state index contributed by atoms with van der Waals surface area (Å²) in [6.07, 6.45) is -0.104. The Hall–Kier alpha value is -2.80. The average Bonchev–Trinajstić information content (AvgIpc) is 3.02. The fraction of sp³-hybridized carbons (Fsp3) is 0.478. The van der Waals surface area contributed by atoms with Gasteiger partial charge in [0, 0.05) is 50.1 Å². The van der Waals surface area contributed by atoms with Gasteiger partial charge < -0.3 is 18.9 Å². The van der Waals surface area contributed by atoms with E-state index >= 15 is 0 Å². The summed E-state index contributed by atoms with van der Waals surface area (Å²) in [6.45, 7) is 9.94. The predicted molar refractivity (Wildman–Crippen MR) is 113 cm³/mol. The van der Waals surface area contributed by atoms with Gasteiger partial charge in [-0.2, -0.15) is 0 Å². The van der Waals surface area contributed by atoms with E-state index < -0.39 is 0 Å². The fourth-order valence-electron chi connectivity index (χ4n) is 4.23. The smallest absolute Gasteiger partial charge is 0.219 e. The number of ketones is 1. The third kappa shape index (κ3) is 4.21. The first-order valence-electron chi connectivity index (χ1n) is 10.5. The zero-order valence-corrected chi connectivity index (χ0v) is 17.9. The molecule has 1 unspecified atom stereocenters. The molecule has 1 atom stereocenters. The third-order valence-electron chi connectivity index (χ3n) is 6.01. The number of rotatable bonds is 5. The lowest BCUT2D eigenvalue weighted by Gasteiger charge is -2.33. The molecule has 1 amide bonds. The van der Waals surface area contributed by atoms with Gasteiger partial charge in [0.2, 0.25) is 5.91 Å². The monoisotopic (exact) mass is 411 g/mol. The Balaban J connectivity index is 1.40. The molecular weight excluding hydrogens is 382 g/mol. The largest absolute Gasteiger partial charge is 0.486 e. The number of amides is 1. The van der Waals surface area contributed by atoms with E-state index in [9.17, 15) is 9.59 Å². The number of benzene rings is 1. The van der Waals surface area contributed by atoms with Gasteiger partial charge in [-0.25, -0.2) is 0 Å². The molecule has 2 aromatic rings. The number of carbonyl (C=O) groups is 2. The van der Waals surface area contributed by atoms with E-state index in [1.54, 1.807) is 6.92 Å². The number of Topliss-reactive ketones (excluding diaryl/α,β-unsaturated/α-hetero) is 1. The van der Waals surface area contributed by atoms with Crippen LogP contribution in [0.5, 0.6) is 11.5 Å². The van der Waals surface area contributed by atoms with Crippen LogP contribution in [0.4, 0.5) is 0 Å². The Labute approximate surface area is 177 Å². The molecular formula is C23H29N3O4. The molecule has 1 saturated heterocycles. The van der Waals surface area contributed by atoms with E-state index in [1.807, 2.05) is 49.1 Å². The van der Waals surface area contributed by atoms with E-state index in [0.717, 1.165) is 41.5 Å². The number of ether oxygens (including phenoxy) is 2. The van der Waals surface area contributed by atoms with Crippen LogP contribution < -0.4 is 9.47 Å². The number of para-hydroxylation sites is 2. The lowest BCUT2D eigenvalue weighted by atomic mass is 10.1. The molecule has 0 N–H and O–H groups in total. The van der Waals surface area contributed by atoms with Crippen LogP contribution in [0.15, 0.2) is 30.3 Å². The highest BCUT2D eigenvalue weighted by Crippen LogP contribution is 2.31. The lowest BCUT2D eigenvalue weighted by molar-refractivity contribution is -0.130. The molecule has 30 heavy (non-hydrogen) atoms. The number of hydrogen-bond acceptors (Lipinski definition) is 5. The Morgan fingerprint density at radius 1 is 1.07 bits per heavy atom. The Bertz CT molecular complexity index is 944. The first-order chi connectivity index (χ1) is 14.4. The van der Waals surface area contributed by atoms with Crippen molar-refractivity contribution < 1.29 is 19.1 Å². The summed E-state index contributed by atoms with van der Waals surface area (Å²) >= 11 is 0. The molecule has 1 fully saturated rings. The van der Waals surface area contributed by atoms with Crippen molar-refractivity contribution >= 4 is 11.7 Å². The standard InChI is InChI=1S/C23H29N3O4/c1-16-12-20(21(28)14-24-8-10-25(11-9-24)18(3)27)17(2)26(16)13-19-15-29-22-6-4-5-7-23(22)30-19/h4-7,12,19H,8-11,13-15H2,1-3H3. The topological polar surface area (TPSA) is 64.0 Å². The molecule has 0 bridgehead atoms. The molecule has 7 nitrogen and oxygen atoms in total. The second-order valence-corrected chi connectivity index (χ2v) is 8.10. The molecule has 0 radical (unpaired) electrons. The first-order valence-corrected chi connectivity index (χ1v) is 10.5. The molecule has 2 aliphatic rings. The zero-order chi connectivity index (χ0) is 21.3. The van der Waals surface area contributed by atoms with E-state index in [2.05, 4.69) is 9.47 Å². The summed E-state index contributed by atoms with van der Waals surface area (Å²) in [5.41, 5.74) is 2.76. The number of aryl methyl sites for hydroxylation is 1. The van der Waals surface area contributed by atoms with Gasteiger partial charge in [0.05, 0.1) is 13.1 Å². The van der Waals surface area contributed by atoms with Crippen LogP contribution in [0, 0.1) is 13.8 Å². The van der Waals surface area contributed by atoms with Crippen molar-refractivity contribution in [2.24, 2.45) is 0 Å². The average molecular weight is 412 g/mol. The molecule has 7 heteroatoms. The Kier molecular flexibility index (Phi) is 5.81. The number of fused-ring (bicyclic) bond motifs is 1. The van der Waals surface area contributed by atoms with Gasteiger partial charge in [0.1, 0.15) is 6.61 Å². The van der Waals surface area contributed by atoms with Crippen molar-refractivity contribution in [3.63, 3.8) is 0 Å². The van der Waals surface area contributed by atoms with E-state index in [-0.39, 0.29) is 17.8 Å². The van der Waals surface area contributed by atoms with Crippen LogP contribution in [-0.4, -0.2) is 71.5 Å². The summed E-state index contributed by atoms with van der Waals surface area (Å²) in [6, 6.07) is 9.66. The summed E-state index contributed by atoms with van der Waals surface area (Å²) in [4.78, 5) is 28.4. The molecule has 2 aliphatic heterocycles. The normalized spacial score (nSPS) is 19.0. The van der Waals surface area contributed by atoms with Crippen LogP contribution in [-0.2, 0) is 11.3 Å². The highest BCUT2D eigenvalue weighted by molar-refractivity contribution is 5.99. The van der Waals surface area contributed by atoms with Crippen molar-refractivity contribution in [3.05, 3.63) is 47.3 Å². The molecule has 0 aliphatic carbocycles. The number of carbonyl (C=O) groups excluding carboxylic acids is 2. The molecule has 0 spiro atoms. The molecule has 1 aromatic carbocycles. The lowest BCUT2D eigenvalue weighted by Crippen LogP contribution is -2.49. The van der Waals surface area contributed by atoms with Crippen molar-refractivity contribution in [2.75, 3.05) is 39.3 Å². The van der Waals surface area contributed by atoms with Crippen molar-refractivity contribution in [1.82, 2.24) is 14.4 Å². The van der Waals surface area contributed by atoms with E-state index in [1.165, 1.54) is 0 Å². The van der Waals surface area contributed by atoms with Crippen LogP contribution in [0.3, 0.4) is 0 Å². The van der Waals surface area contributed by atoms with Gasteiger partial charge in [0.25, 0.3) is 0 Å². The highest BCUT2D eigenvalue weighted by Gasteiger charge is 2.25. The van der Waals surface area contributed by atoms with Gasteiger partial charge in [-0.3, -0.25) is 14.5 Å². The Morgan fingerprint density at radius 3 is 2.47 bits per heavy atom. The van der Waals surface area contributed by atoms with Gasteiger partial charge in [-0.1, -0.05) is 12.1 Å². The van der Waals surface area contributed by atoms with Crippen LogP contribution in [0.2, 0.25) is 0 Å². The quantitative estimate of drug-likeness (QED) is 0.707. The zero-order valence-electron chi connectivity index (χ0n) is 17.9. The summed E-state index contributed by atoms with van der Waals surface area (Å²) in [7, 11) is 0. The molecule has 1 aromatic heterocycles. The van der Waals surface area contributed by atoms with Gasteiger partial charge in [-0.05, 0) is 32.0 Å². The van der Waals surface area contributed by atoms with Crippen LogP contribution in [0.25, 0.3) is 0 Å². The SMILES string of the molecule is CC(=O)N1CCN(CC(=O)c2cc(C)n(CC3COc4ccccc4O3)c2C)CC1. The van der Waals surface area contributed by atoms with Crippen molar-refractivity contribution in [1.29, 1.82) is 0 Å². The van der Waals surface area contributed by atoms with Crippen LogP contribution >= 0.6 is 0 Å². The maximum atomic E-state index is 13.0. The van der Waals surface area contributed by atoms with Crippen molar-refractivity contribution in [3.8, 4) is 11.5 Å². The molecule has 0 saturated carbocycles. The number of hydrogen-bond donors (Lipinski definition) is 0. The summed E-state index contributed by atoms with van der Waals surface area (Å²) < 4.78 is 14.1. The minimum absolute atomic E-state index is 0.0982. The van der Waals surface area contributed by atoms with Crippen molar-refractivity contribution in [2.45, 2.75) is 33.4 Å². The maximum absolute atomic E-state index is 13.0. The molecule has 3 heterocycles. The number of nitrogens with zero attached hydrogens (tertiary/aromatic N) is 3. The molecule has 160 valence electrons. The minimum atomic E-state index is -0.104. The first kappa shape index (κ1) is 20.5. The summed E-state index contributed by atoms with van der Waals surface area (Å²) in [5.74, 6) is 1.76. The summed E-state index contributed by atoms with van der Waals surface area (Å²) in [5, 5.41) is 0. The maximum Gasteiger partial charge on any atom is 0.219 e. The third-order valence-corrected chi connectivity index (χ3v) is 6.01. The number of aromatic nitrogens is 1. The van der Waals surface area contributed by atoms with Crippen LogP contribution in [0.1, 0.15) is 28.7 Å². The predicted octanol–water partition coefficient (Wildman–Crippen LogP) is 2.29. The Morgan fingerprint density at radius 2 is 1.77 bits per heavy atom. The molecule has 4 rings (SSSR count). The second-order valence-electron chi connectivity index (χ2n) is 8.10. The van der Waals surface area contributed by atoms with E-state index in [4.69, 9.17) is 9.47 Å².